The van der Waals surface area contributed by atoms with Gasteiger partial charge in [0.15, 0.2) is 9.84 Å². The molecule has 0 aliphatic rings. The van der Waals surface area contributed by atoms with E-state index in [0.717, 1.165) is 11.1 Å². The van der Waals surface area contributed by atoms with Crippen molar-refractivity contribution in [3.63, 3.8) is 0 Å². The largest absolute Gasteiger partial charge is 0.271 e. The number of hydrogen-bond donors (Lipinski definition) is 2. The second-order valence-electron chi connectivity index (χ2n) is 4.89. The molecule has 6 heteroatoms. The van der Waals surface area contributed by atoms with Gasteiger partial charge in [0.2, 0.25) is 0 Å². The highest BCUT2D eigenvalue weighted by Gasteiger charge is 2.14. The first-order valence-electron chi connectivity index (χ1n) is 6.41. The van der Waals surface area contributed by atoms with Crippen LogP contribution in [0.3, 0.4) is 0 Å². The van der Waals surface area contributed by atoms with E-state index in [1.165, 1.54) is 9.83 Å². The summed E-state index contributed by atoms with van der Waals surface area (Å²) in [5.74, 6) is 5.64. The van der Waals surface area contributed by atoms with Gasteiger partial charge in [-0.15, -0.1) is 0 Å². The lowest BCUT2D eigenvalue weighted by Gasteiger charge is -2.17. The molecule has 2 aromatic rings. The molecule has 0 aliphatic heterocycles. The Morgan fingerprint density at radius 1 is 1.19 bits per heavy atom. The molecule has 112 valence electrons. The summed E-state index contributed by atoms with van der Waals surface area (Å²) in [4.78, 5) is 0.308. The predicted molar refractivity (Wildman–Crippen MR) is 92.5 cm³/mol. The summed E-state index contributed by atoms with van der Waals surface area (Å²) < 4.78 is 24.5. The van der Waals surface area contributed by atoms with Crippen LogP contribution in [0.25, 0.3) is 0 Å². The van der Waals surface area contributed by atoms with Crippen LogP contribution >= 0.6 is 22.6 Å². The second-order valence-corrected chi connectivity index (χ2v) is 8.16. The van der Waals surface area contributed by atoms with E-state index in [1.807, 2.05) is 30.3 Å². The van der Waals surface area contributed by atoms with Crippen LogP contribution in [-0.2, 0) is 16.3 Å². The van der Waals surface area contributed by atoms with Crippen molar-refractivity contribution in [2.75, 3.05) is 6.26 Å². The Morgan fingerprint density at radius 3 is 2.43 bits per heavy atom. The van der Waals surface area contributed by atoms with Gasteiger partial charge in [-0.25, -0.2) is 8.42 Å². The van der Waals surface area contributed by atoms with Gasteiger partial charge in [-0.2, -0.15) is 0 Å². The Kier molecular flexibility index (Phi) is 5.37. The zero-order valence-electron chi connectivity index (χ0n) is 11.6. The third kappa shape index (κ3) is 4.50. The molecule has 0 radical (unpaired) electrons. The minimum Gasteiger partial charge on any atom is -0.271 e. The minimum atomic E-state index is -3.22. The lowest BCUT2D eigenvalue weighted by molar-refractivity contribution is 0.550. The summed E-state index contributed by atoms with van der Waals surface area (Å²) in [6.07, 6.45) is 1.90. The Bertz CT molecular complexity index is 715. The van der Waals surface area contributed by atoms with Crippen molar-refractivity contribution >= 4 is 32.4 Å². The highest BCUT2D eigenvalue weighted by molar-refractivity contribution is 14.1. The lowest BCUT2D eigenvalue weighted by atomic mass is 9.99. The van der Waals surface area contributed by atoms with Gasteiger partial charge in [0, 0.05) is 9.83 Å². The maximum absolute atomic E-state index is 11.6. The summed E-state index contributed by atoms with van der Waals surface area (Å²) in [6.45, 7) is 0. The molecule has 0 aliphatic carbocycles. The van der Waals surface area contributed by atoms with Gasteiger partial charge in [0.05, 0.1) is 10.9 Å². The molecular formula is C15H17IN2O2S. The van der Waals surface area contributed by atoms with Gasteiger partial charge >= 0.3 is 0 Å². The fraction of sp³-hybridized carbons (Fsp3) is 0.200. The summed E-state index contributed by atoms with van der Waals surface area (Å²) in [6, 6.07) is 14.9. The van der Waals surface area contributed by atoms with Crippen LogP contribution in [0.5, 0.6) is 0 Å². The quantitative estimate of drug-likeness (QED) is 0.446. The zero-order valence-corrected chi connectivity index (χ0v) is 14.6. The van der Waals surface area contributed by atoms with Crippen molar-refractivity contribution in [1.82, 2.24) is 5.43 Å². The number of rotatable bonds is 5. The second kappa shape index (κ2) is 6.87. The molecule has 0 heterocycles. The number of nitrogens with two attached hydrogens (primary N) is 1. The Hall–Kier alpha value is -0.960. The molecule has 4 nitrogen and oxygen atoms in total. The fourth-order valence-electron chi connectivity index (χ4n) is 2.09. The minimum absolute atomic E-state index is 0.133. The van der Waals surface area contributed by atoms with E-state index in [0.29, 0.717) is 11.3 Å². The number of nitrogens with one attached hydrogen (secondary N) is 1. The van der Waals surface area contributed by atoms with Gasteiger partial charge in [-0.1, -0.05) is 24.3 Å². The van der Waals surface area contributed by atoms with Crippen LogP contribution in [0, 0.1) is 3.57 Å². The molecule has 21 heavy (non-hydrogen) atoms. The number of hydrazine groups is 1. The van der Waals surface area contributed by atoms with E-state index in [2.05, 4.69) is 28.0 Å². The highest BCUT2D eigenvalue weighted by Crippen LogP contribution is 2.21. The monoisotopic (exact) mass is 416 g/mol. The van der Waals surface area contributed by atoms with E-state index in [1.54, 1.807) is 18.2 Å². The molecule has 3 N–H and O–H groups in total. The van der Waals surface area contributed by atoms with E-state index < -0.39 is 9.84 Å². The molecule has 0 fully saturated rings. The van der Waals surface area contributed by atoms with Crippen molar-refractivity contribution in [2.24, 2.45) is 5.84 Å². The maximum Gasteiger partial charge on any atom is 0.175 e. The van der Waals surface area contributed by atoms with Gasteiger partial charge in [0.25, 0.3) is 0 Å². The SMILES string of the molecule is CS(=O)(=O)c1cccc(C(Cc2ccc(I)cc2)NN)c1. The van der Waals surface area contributed by atoms with Crippen LogP contribution in [0.2, 0.25) is 0 Å². The van der Waals surface area contributed by atoms with Crippen molar-refractivity contribution < 1.29 is 8.42 Å². The normalized spacial score (nSPS) is 13.1. The Labute approximate surface area is 138 Å². The average Bonchev–Trinajstić information content (AvgIpc) is 2.46. The first-order valence-corrected chi connectivity index (χ1v) is 9.38. The van der Waals surface area contributed by atoms with E-state index in [9.17, 15) is 8.42 Å². The molecule has 0 saturated carbocycles. The molecule has 0 spiro atoms. The maximum atomic E-state index is 11.6. The van der Waals surface area contributed by atoms with Gasteiger partial charge in [-0.05, 0) is 64.4 Å². The van der Waals surface area contributed by atoms with Crippen LogP contribution in [0.4, 0.5) is 0 Å². The molecule has 0 aromatic heterocycles. The lowest BCUT2D eigenvalue weighted by Crippen LogP contribution is -2.29. The van der Waals surface area contributed by atoms with E-state index in [-0.39, 0.29) is 6.04 Å². The molecule has 0 saturated heterocycles. The van der Waals surface area contributed by atoms with Gasteiger partial charge < -0.3 is 0 Å². The van der Waals surface area contributed by atoms with Gasteiger partial charge in [0.1, 0.15) is 0 Å². The Balaban J connectivity index is 2.27. The van der Waals surface area contributed by atoms with Crippen LogP contribution in [-0.4, -0.2) is 14.7 Å². The first-order chi connectivity index (χ1) is 9.90. The number of hydrogen-bond acceptors (Lipinski definition) is 4. The number of halogens is 1. The van der Waals surface area contributed by atoms with Crippen molar-refractivity contribution in [2.45, 2.75) is 17.4 Å². The smallest absolute Gasteiger partial charge is 0.175 e. The topological polar surface area (TPSA) is 72.2 Å². The molecule has 1 atom stereocenters. The van der Waals surface area contributed by atoms with Crippen LogP contribution < -0.4 is 11.3 Å². The van der Waals surface area contributed by atoms with Crippen LogP contribution in [0.1, 0.15) is 17.2 Å². The summed E-state index contributed by atoms with van der Waals surface area (Å²) in [5, 5.41) is 0. The van der Waals surface area contributed by atoms with E-state index in [4.69, 9.17) is 5.84 Å². The highest BCUT2D eigenvalue weighted by atomic mass is 127. The van der Waals surface area contributed by atoms with Crippen molar-refractivity contribution in [3.8, 4) is 0 Å². The summed E-state index contributed by atoms with van der Waals surface area (Å²) in [5.41, 5.74) is 4.77. The molecule has 1 unspecified atom stereocenters. The average molecular weight is 416 g/mol. The zero-order chi connectivity index (χ0) is 15.5. The number of sulfone groups is 1. The molecule has 0 amide bonds. The standard InChI is InChI=1S/C15H17IN2O2S/c1-21(19,20)14-4-2-3-12(10-14)15(18-17)9-11-5-7-13(16)8-6-11/h2-8,10,15,18H,9,17H2,1H3. The fourth-order valence-corrected chi connectivity index (χ4v) is 3.13. The molecular weight excluding hydrogens is 399 g/mol. The van der Waals surface area contributed by atoms with Crippen LogP contribution in [0.15, 0.2) is 53.4 Å². The Morgan fingerprint density at radius 2 is 1.86 bits per heavy atom. The molecule has 0 bridgehead atoms. The van der Waals surface area contributed by atoms with Gasteiger partial charge in [-0.3, -0.25) is 11.3 Å². The molecule has 2 aromatic carbocycles. The molecule has 2 rings (SSSR count). The third-order valence-corrected chi connectivity index (χ3v) is 5.07. The third-order valence-electron chi connectivity index (χ3n) is 3.24. The van der Waals surface area contributed by atoms with E-state index >= 15 is 0 Å². The van der Waals surface area contributed by atoms with Crippen molar-refractivity contribution in [1.29, 1.82) is 0 Å². The predicted octanol–water partition coefficient (Wildman–Crippen LogP) is 2.44. The summed E-state index contributed by atoms with van der Waals surface area (Å²) in [7, 11) is -3.22. The first kappa shape index (κ1) is 16.4. The summed E-state index contributed by atoms with van der Waals surface area (Å²) >= 11 is 2.26. The van der Waals surface area contributed by atoms with Crippen molar-refractivity contribution in [3.05, 3.63) is 63.2 Å². The number of benzene rings is 2.